The van der Waals surface area contributed by atoms with Gasteiger partial charge in [-0.05, 0) is 59.8 Å². The first-order valence-corrected chi connectivity index (χ1v) is 6.97. The summed E-state index contributed by atoms with van der Waals surface area (Å²) in [4.78, 5) is 11.9. The van der Waals surface area contributed by atoms with Crippen molar-refractivity contribution in [3.8, 4) is 0 Å². The topological polar surface area (TPSA) is 55.1 Å². The molecule has 0 bridgehead atoms. The van der Waals surface area contributed by atoms with Crippen molar-refractivity contribution in [1.29, 1.82) is 0 Å². The third kappa shape index (κ3) is 3.35. The minimum Gasteiger partial charge on any atom is -0.398 e. The lowest BCUT2D eigenvalue weighted by Gasteiger charge is -2.07. The van der Waals surface area contributed by atoms with Crippen LogP contribution in [0.3, 0.4) is 0 Å². The van der Waals surface area contributed by atoms with Crippen molar-refractivity contribution in [3.63, 3.8) is 0 Å². The molecule has 0 saturated carbocycles. The van der Waals surface area contributed by atoms with Gasteiger partial charge in [0.2, 0.25) is 0 Å². The van der Waals surface area contributed by atoms with Crippen LogP contribution >= 0.6 is 15.9 Å². The van der Waals surface area contributed by atoms with Crippen molar-refractivity contribution in [2.75, 3.05) is 12.3 Å². The molecule has 96 valence electrons. The lowest BCUT2D eigenvalue weighted by Crippen LogP contribution is -2.24. The number of nitrogen functional groups attached to an aromatic ring is 1. The van der Waals surface area contributed by atoms with E-state index < -0.39 is 0 Å². The van der Waals surface area contributed by atoms with Crippen LogP contribution in [-0.4, -0.2) is 12.5 Å². The molecule has 1 aliphatic rings. The minimum absolute atomic E-state index is 0.0622. The van der Waals surface area contributed by atoms with Gasteiger partial charge < -0.3 is 11.1 Å². The number of benzene rings is 1. The van der Waals surface area contributed by atoms with Gasteiger partial charge in [0, 0.05) is 22.3 Å². The van der Waals surface area contributed by atoms with Gasteiger partial charge in [-0.2, -0.15) is 0 Å². The van der Waals surface area contributed by atoms with Gasteiger partial charge in [0.05, 0.1) is 0 Å². The first kappa shape index (κ1) is 13.1. The molecule has 3 nitrogen and oxygen atoms in total. The highest BCUT2D eigenvalue weighted by Gasteiger charge is 2.08. The maximum Gasteiger partial charge on any atom is 0.251 e. The van der Waals surface area contributed by atoms with Crippen LogP contribution in [0.2, 0.25) is 0 Å². The zero-order chi connectivity index (χ0) is 13.0. The first-order chi connectivity index (χ1) is 8.66. The van der Waals surface area contributed by atoms with E-state index in [2.05, 4.69) is 27.3 Å². The summed E-state index contributed by atoms with van der Waals surface area (Å²) in [6.07, 6.45) is 6.86. The molecular weight excluding hydrogens is 292 g/mol. The smallest absolute Gasteiger partial charge is 0.251 e. The number of rotatable bonds is 4. The summed E-state index contributed by atoms with van der Waals surface area (Å²) in [7, 11) is 0. The predicted octanol–water partition coefficient (Wildman–Crippen LogP) is 3.26. The third-order valence-corrected chi connectivity index (χ3v) is 3.85. The van der Waals surface area contributed by atoms with Gasteiger partial charge in [-0.1, -0.05) is 11.6 Å². The lowest BCUT2D eigenvalue weighted by molar-refractivity contribution is 0.0954. The quantitative estimate of drug-likeness (QED) is 0.662. The van der Waals surface area contributed by atoms with E-state index in [0.717, 1.165) is 10.9 Å². The van der Waals surface area contributed by atoms with E-state index in [0.29, 0.717) is 17.8 Å². The van der Waals surface area contributed by atoms with E-state index in [1.165, 1.54) is 24.8 Å². The fourth-order valence-corrected chi connectivity index (χ4v) is 2.33. The van der Waals surface area contributed by atoms with E-state index in [1.807, 2.05) is 0 Å². The lowest BCUT2D eigenvalue weighted by atomic mass is 10.1. The zero-order valence-corrected chi connectivity index (χ0v) is 11.8. The minimum atomic E-state index is -0.0622. The summed E-state index contributed by atoms with van der Waals surface area (Å²) in [5, 5.41) is 2.92. The predicted molar refractivity (Wildman–Crippen MR) is 77.4 cm³/mol. The van der Waals surface area contributed by atoms with Crippen LogP contribution in [-0.2, 0) is 0 Å². The van der Waals surface area contributed by atoms with Crippen LogP contribution in [0.25, 0.3) is 0 Å². The fraction of sp³-hybridized carbons (Fsp3) is 0.357. The van der Waals surface area contributed by atoms with E-state index in [9.17, 15) is 4.79 Å². The molecule has 1 aromatic carbocycles. The van der Waals surface area contributed by atoms with Crippen molar-refractivity contribution in [3.05, 3.63) is 39.9 Å². The molecule has 0 aromatic heterocycles. The van der Waals surface area contributed by atoms with Crippen molar-refractivity contribution < 1.29 is 4.79 Å². The Hall–Kier alpha value is -1.29. The fourth-order valence-electron chi connectivity index (χ4n) is 2.09. The molecule has 0 aliphatic heterocycles. The number of carbonyl (C=O) groups is 1. The number of nitrogens with one attached hydrogen (secondary N) is 1. The third-order valence-electron chi connectivity index (χ3n) is 3.12. The van der Waals surface area contributed by atoms with Gasteiger partial charge in [0.15, 0.2) is 0 Å². The SMILES string of the molecule is Nc1cc(C(=O)NCCC2=CCCC2)ccc1Br. The number of nitrogens with two attached hydrogens (primary N) is 1. The Bertz CT molecular complexity index is 483. The molecule has 0 atom stereocenters. The Morgan fingerprint density at radius 3 is 2.94 bits per heavy atom. The molecule has 0 radical (unpaired) electrons. The second-order valence-corrected chi connectivity index (χ2v) is 5.35. The summed E-state index contributed by atoms with van der Waals surface area (Å²) in [6, 6.07) is 5.25. The number of hydrogen-bond acceptors (Lipinski definition) is 2. The Labute approximate surface area is 116 Å². The van der Waals surface area contributed by atoms with Gasteiger partial charge in [-0.3, -0.25) is 4.79 Å². The molecule has 2 rings (SSSR count). The number of halogens is 1. The Balaban J connectivity index is 1.85. The second-order valence-electron chi connectivity index (χ2n) is 4.50. The summed E-state index contributed by atoms with van der Waals surface area (Å²) >= 11 is 3.31. The Morgan fingerprint density at radius 2 is 2.28 bits per heavy atom. The van der Waals surface area contributed by atoms with Crippen molar-refractivity contribution >= 4 is 27.5 Å². The van der Waals surface area contributed by atoms with Gasteiger partial charge in [-0.15, -0.1) is 0 Å². The van der Waals surface area contributed by atoms with Crippen LogP contribution in [0.4, 0.5) is 5.69 Å². The maximum atomic E-state index is 11.9. The molecule has 0 fully saturated rings. The van der Waals surface area contributed by atoms with Crippen LogP contribution < -0.4 is 11.1 Å². The zero-order valence-electron chi connectivity index (χ0n) is 10.2. The molecule has 3 N–H and O–H groups in total. The van der Waals surface area contributed by atoms with Gasteiger partial charge in [0.1, 0.15) is 0 Å². The Morgan fingerprint density at radius 1 is 1.44 bits per heavy atom. The molecule has 0 saturated heterocycles. The molecule has 18 heavy (non-hydrogen) atoms. The average molecular weight is 309 g/mol. The molecule has 0 heterocycles. The summed E-state index contributed by atoms with van der Waals surface area (Å²) < 4.78 is 0.815. The number of hydrogen-bond donors (Lipinski definition) is 2. The monoisotopic (exact) mass is 308 g/mol. The van der Waals surface area contributed by atoms with E-state index in [-0.39, 0.29) is 5.91 Å². The standard InChI is InChI=1S/C14H17BrN2O/c15-12-6-5-11(9-13(12)16)14(18)17-8-7-10-3-1-2-4-10/h3,5-6,9H,1-2,4,7-8,16H2,(H,17,18). The van der Waals surface area contributed by atoms with Gasteiger partial charge in [-0.25, -0.2) is 0 Å². The van der Waals surface area contributed by atoms with Gasteiger partial charge >= 0.3 is 0 Å². The Kier molecular flexibility index (Phi) is 4.42. The van der Waals surface area contributed by atoms with Gasteiger partial charge in [0.25, 0.3) is 5.91 Å². The van der Waals surface area contributed by atoms with Crippen molar-refractivity contribution in [2.24, 2.45) is 0 Å². The molecular formula is C14H17BrN2O. The number of amides is 1. The van der Waals surface area contributed by atoms with Crippen LogP contribution in [0.1, 0.15) is 36.0 Å². The van der Waals surface area contributed by atoms with E-state index in [1.54, 1.807) is 18.2 Å². The molecule has 0 spiro atoms. The number of allylic oxidation sites excluding steroid dienone is 1. The summed E-state index contributed by atoms with van der Waals surface area (Å²) in [6.45, 7) is 0.695. The number of carbonyl (C=O) groups excluding carboxylic acids is 1. The van der Waals surface area contributed by atoms with E-state index >= 15 is 0 Å². The van der Waals surface area contributed by atoms with Crippen molar-refractivity contribution in [1.82, 2.24) is 5.32 Å². The highest BCUT2D eigenvalue weighted by Crippen LogP contribution is 2.21. The van der Waals surface area contributed by atoms with Crippen LogP contribution in [0.15, 0.2) is 34.3 Å². The summed E-state index contributed by atoms with van der Waals surface area (Å²) in [5.41, 5.74) is 8.41. The van der Waals surface area contributed by atoms with Crippen LogP contribution in [0, 0.1) is 0 Å². The van der Waals surface area contributed by atoms with E-state index in [4.69, 9.17) is 5.73 Å². The summed E-state index contributed by atoms with van der Waals surface area (Å²) in [5.74, 6) is -0.0622. The highest BCUT2D eigenvalue weighted by atomic mass is 79.9. The molecule has 0 unspecified atom stereocenters. The molecule has 4 heteroatoms. The molecule has 1 amide bonds. The number of anilines is 1. The largest absolute Gasteiger partial charge is 0.398 e. The normalized spacial score (nSPS) is 14.4. The van der Waals surface area contributed by atoms with Crippen LogP contribution in [0.5, 0.6) is 0 Å². The second kappa shape index (κ2) is 6.05. The first-order valence-electron chi connectivity index (χ1n) is 6.18. The molecule has 1 aliphatic carbocycles. The maximum absolute atomic E-state index is 11.9. The van der Waals surface area contributed by atoms with Crippen molar-refractivity contribution in [2.45, 2.75) is 25.7 Å². The highest BCUT2D eigenvalue weighted by molar-refractivity contribution is 9.10. The average Bonchev–Trinajstić information content (AvgIpc) is 2.85. The molecule has 1 aromatic rings.